The molecule has 6 nitrogen and oxygen atoms in total. The molecule has 1 aliphatic rings. The molecule has 7 heteroatoms. The molecule has 2 atom stereocenters. The summed E-state index contributed by atoms with van der Waals surface area (Å²) < 4.78 is 15.5. The lowest BCUT2D eigenvalue weighted by Gasteiger charge is -2.28. The molecule has 2 aromatic rings. The molecule has 0 saturated carbocycles. The number of likely N-dealkylation sites (N-methyl/N-ethyl adjacent to an activating group) is 1. The van der Waals surface area contributed by atoms with Crippen LogP contribution in [0.2, 0.25) is 0 Å². The second-order valence-corrected chi connectivity index (χ2v) is 7.34. The first-order valence-electron chi connectivity index (χ1n) is 9.34. The van der Waals surface area contributed by atoms with Crippen LogP contribution in [0.1, 0.15) is 29.5 Å². The first-order chi connectivity index (χ1) is 13.0. The molecule has 0 radical (unpaired) electrons. The van der Waals surface area contributed by atoms with E-state index in [1.807, 2.05) is 45.1 Å². The Kier molecular flexibility index (Phi) is 6.11. The van der Waals surface area contributed by atoms with Crippen molar-refractivity contribution < 1.29 is 4.39 Å². The van der Waals surface area contributed by atoms with E-state index in [4.69, 9.17) is 0 Å². The molecule has 2 unspecified atom stereocenters. The number of halogens is 1. The standard InChI is InChI=1S/C20H29FN6/c1-22-20(27-9-8-16(14-27)17-11-24-26(4)13-17)23-12-19(25(2)3)15-6-5-7-18(21)10-15/h5-7,10-11,13,16,19H,8-9,12,14H2,1-4H3,(H,22,23). The second-order valence-electron chi connectivity index (χ2n) is 7.34. The topological polar surface area (TPSA) is 48.7 Å². The zero-order chi connectivity index (χ0) is 19.4. The lowest BCUT2D eigenvalue weighted by atomic mass is 10.0. The number of nitrogens with zero attached hydrogens (tertiary/aromatic N) is 5. The molecule has 1 saturated heterocycles. The van der Waals surface area contributed by atoms with Crippen LogP contribution in [0.4, 0.5) is 4.39 Å². The van der Waals surface area contributed by atoms with Crippen molar-refractivity contribution in [3.05, 3.63) is 53.6 Å². The molecule has 0 amide bonds. The maximum absolute atomic E-state index is 13.6. The largest absolute Gasteiger partial charge is 0.354 e. The highest BCUT2D eigenvalue weighted by Gasteiger charge is 2.27. The van der Waals surface area contributed by atoms with E-state index < -0.39 is 0 Å². The summed E-state index contributed by atoms with van der Waals surface area (Å²) in [6.45, 7) is 2.56. The number of benzene rings is 1. The van der Waals surface area contributed by atoms with E-state index in [1.165, 1.54) is 11.6 Å². The van der Waals surface area contributed by atoms with E-state index in [-0.39, 0.29) is 11.9 Å². The molecule has 3 rings (SSSR count). The molecule has 0 bridgehead atoms. The first kappa shape index (κ1) is 19.4. The van der Waals surface area contributed by atoms with Gasteiger partial charge in [0.05, 0.1) is 12.2 Å². The minimum absolute atomic E-state index is 0.0640. The smallest absolute Gasteiger partial charge is 0.193 e. The van der Waals surface area contributed by atoms with Crippen LogP contribution in [0.3, 0.4) is 0 Å². The number of aromatic nitrogens is 2. The third kappa shape index (κ3) is 4.66. The minimum Gasteiger partial charge on any atom is -0.354 e. The molecular weight excluding hydrogens is 343 g/mol. The molecule has 146 valence electrons. The predicted molar refractivity (Wildman–Crippen MR) is 106 cm³/mol. The van der Waals surface area contributed by atoms with Gasteiger partial charge in [0, 0.05) is 45.8 Å². The Hall–Kier alpha value is -2.41. The third-order valence-electron chi connectivity index (χ3n) is 5.21. The van der Waals surface area contributed by atoms with Crippen LogP contribution in [0.25, 0.3) is 0 Å². The number of hydrogen-bond acceptors (Lipinski definition) is 3. The van der Waals surface area contributed by atoms with Crippen LogP contribution in [0.15, 0.2) is 41.7 Å². The summed E-state index contributed by atoms with van der Waals surface area (Å²) >= 11 is 0. The van der Waals surface area contributed by atoms with Crippen LogP contribution in [0, 0.1) is 5.82 Å². The van der Waals surface area contributed by atoms with E-state index in [0.717, 1.165) is 31.0 Å². The summed E-state index contributed by atoms with van der Waals surface area (Å²) in [4.78, 5) is 8.85. The predicted octanol–water partition coefficient (Wildman–Crippen LogP) is 2.23. The normalized spacial score (nSPS) is 19.0. The highest BCUT2D eigenvalue weighted by atomic mass is 19.1. The summed E-state index contributed by atoms with van der Waals surface area (Å²) in [6.07, 6.45) is 5.14. The van der Waals surface area contributed by atoms with Gasteiger partial charge in [0.2, 0.25) is 0 Å². The van der Waals surface area contributed by atoms with Crippen molar-refractivity contribution in [3.8, 4) is 0 Å². The van der Waals surface area contributed by atoms with E-state index >= 15 is 0 Å². The number of likely N-dealkylation sites (tertiary alicyclic amines) is 1. The zero-order valence-corrected chi connectivity index (χ0v) is 16.6. The average molecular weight is 372 g/mol. The number of aryl methyl sites for hydroxylation is 1. The number of nitrogens with one attached hydrogen (secondary N) is 1. The fourth-order valence-corrected chi connectivity index (χ4v) is 3.71. The quantitative estimate of drug-likeness (QED) is 0.646. The average Bonchev–Trinajstić information content (AvgIpc) is 3.27. The van der Waals surface area contributed by atoms with Gasteiger partial charge in [-0.2, -0.15) is 5.10 Å². The molecule has 1 aromatic heterocycles. The SMILES string of the molecule is CN=C(NCC(c1cccc(F)c1)N(C)C)N1CCC(c2cnn(C)c2)C1. The Bertz CT molecular complexity index is 784. The van der Waals surface area contributed by atoms with E-state index in [9.17, 15) is 4.39 Å². The molecule has 1 fully saturated rings. The van der Waals surface area contributed by atoms with Crippen LogP contribution in [-0.4, -0.2) is 66.3 Å². The van der Waals surface area contributed by atoms with Gasteiger partial charge in [0.25, 0.3) is 0 Å². The third-order valence-corrected chi connectivity index (χ3v) is 5.21. The van der Waals surface area contributed by atoms with E-state index in [1.54, 1.807) is 12.1 Å². The minimum atomic E-state index is -0.206. The van der Waals surface area contributed by atoms with Crippen LogP contribution in [-0.2, 0) is 7.05 Å². The molecule has 1 N–H and O–H groups in total. The van der Waals surface area contributed by atoms with Gasteiger partial charge in [-0.3, -0.25) is 9.67 Å². The van der Waals surface area contributed by atoms with E-state index in [2.05, 4.69) is 31.4 Å². The summed E-state index contributed by atoms with van der Waals surface area (Å²) in [6, 6.07) is 6.87. The van der Waals surface area contributed by atoms with Gasteiger partial charge in [-0.1, -0.05) is 12.1 Å². The fraction of sp³-hybridized carbons (Fsp3) is 0.500. The Morgan fingerprint density at radius 2 is 2.26 bits per heavy atom. The molecule has 2 heterocycles. The van der Waals surface area contributed by atoms with Gasteiger partial charge in [-0.05, 0) is 43.8 Å². The monoisotopic (exact) mass is 372 g/mol. The van der Waals surface area contributed by atoms with Gasteiger partial charge in [-0.25, -0.2) is 4.39 Å². The Balaban J connectivity index is 1.63. The number of hydrogen-bond donors (Lipinski definition) is 1. The summed E-state index contributed by atoms with van der Waals surface area (Å²) in [5.41, 5.74) is 2.24. The number of aliphatic imine (C=N–C) groups is 1. The van der Waals surface area contributed by atoms with E-state index in [0.29, 0.717) is 12.5 Å². The highest BCUT2D eigenvalue weighted by molar-refractivity contribution is 5.80. The Morgan fingerprint density at radius 1 is 1.44 bits per heavy atom. The van der Waals surface area contributed by atoms with Crippen molar-refractivity contribution >= 4 is 5.96 Å². The van der Waals surface area contributed by atoms with Gasteiger partial charge in [-0.15, -0.1) is 0 Å². The highest BCUT2D eigenvalue weighted by Crippen LogP contribution is 2.27. The lowest BCUT2D eigenvalue weighted by Crippen LogP contribution is -2.43. The zero-order valence-electron chi connectivity index (χ0n) is 16.6. The molecule has 1 aliphatic heterocycles. The van der Waals surface area contributed by atoms with Crippen LogP contribution in [0.5, 0.6) is 0 Å². The molecule has 27 heavy (non-hydrogen) atoms. The molecule has 0 aliphatic carbocycles. The van der Waals surface area contributed by atoms with Crippen molar-refractivity contribution in [2.45, 2.75) is 18.4 Å². The first-order valence-corrected chi connectivity index (χ1v) is 9.34. The van der Waals surface area contributed by atoms with Crippen LogP contribution < -0.4 is 5.32 Å². The summed E-state index contributed by atoms with van der Waals surface area (Å²) in [5.74, 6) is 1.16. The molecule has 1 aromatic carbocycles. The fourth-order valence-electron chi connectivity index (χ4n) is 3.71. The van der Waals surface area contributed by atoms with Crippen molar-refractivity contribution in [1.82, 2.24) is 24.9 Å². The van der Waals surface area contributed by atoms with Crippen LogP contribution >= 0.6 is 0 Å². The van der Waals surface area contributed by atoms with Gasteiger partial charge in [0.15, 0.2) is 5.96 Å². The van der Waals surface area contributed by atoms with Crippen molar-refractivity contribution in [2.24, 2.45) is 12.0 Å². The maximum Gasteiger partial charge on any atom is 0.193 e. The van der Waals surface area contributed by atoms with Gasteiger partial charge in [0.1, 0.15) is 5.82 Å². The summed E-state index contributed by atoms with van der Waals surface area (Å²) in [5, 5.41) is 7.77. The molecular formula is C20H29FN6. The Morgan fingerprint density at radius 3 is 2.89 bits per heavy atom. The van der Waals surface area contributed by atoms with Crippen molar-refractivity contribution in [3.63, 3.8) is 0 Å². The van der Waals surface area contributed by atoms with Gasteiger partial charge < -0.3 is 15.1 Å². The second kappa shape index (κ2) is 8.52. The number of rotatable bonds is 5. The van der Waals surface area contributed by atoms with Gasteiger partial charge >= 0.3 is 0 Å². The summed E-state index contributed by atoms with van der Waals surface area (Å²) in [7, 11) is 7.78. The van der Waals surface area contributed by atoms with Crippen molar-refractivity contribution in [2.75, 3.05) is 40.8 Å². The Labute approximate surface area is 160 Å². The molecule has 0 spiro atoms. The lowest BCUT2D eigenvalue weighted by molar-refractivity contribution is 0.295. The number of guanidine groups is 1. The van der Waals surface area contributed by atoms with Crippen molar-refractivity contribution in [1.29, 1.82) is 0 Å². The maximum atomic E-state index is 13.6.